The lowest BCUT2D eigenvalue weighted by Gasteiger charge is -2.17. The van der Waals surface area contributed by atoms with Gasteiger partial charge in [-0.15, -0.1) is 0 Å². The number of nitrogens with zero attached hydrogens (tertiary/aromatic N) is 4. The maximum absolute atomic E-state index is 13.7. The third-order valence-electron chi connectivity index (χ3n) is 3.53. The maximum Gasteiger partial charge on any atom is 0.405 e. The van der Waals surface area contributed by atoms with E-state index in [1.165, 1.54) is 19.2 Å². The van der Waals surface area contributed by atoms with Crippen molar-refractivity contribution in [1.29, 1.82) is 5.26 Å². The van der Waals surface area contributed by atoms with Gasteiger partial charge in [-0.1, -0.05) is 0 Å². The Labute approximate surface area is 139 Å². The van der Waals surface area contributed by atoms with Crippen molar-refractivity contribution in [1.82, 2.24) is 25.1 Å². The average molecular weight is 342 g/mol. The number of H-pyrrole nitrogens is 1. The van der Waals surface area contributed by atoms with E-state index in [0.29, 0.717) is 0 Å². The van der Waals surface area contributed by atoms with Gasteiger partial charge in [0.05, 0.1) is 22.5 Å². The predicted molar refractivity (Wildman–Crippen MR) is 83.7 cm³/mol. The number of nitrogens with one attached hydrogen (secondary N) is 2. The summed E-state index contributed by atoms with van der Waals surface area (Å²) >= 11 is 0. The predicted octanol–water partition coefficient (Wildman–Crippen LogP) is 1.45. The smallest absolute Gasteiger partial charge is 0.405 e. The van der Waals surface area contributed by atoms with Crippen LogP contribution in [0.4, 0.5) is 9.18 Å². The van der Waals surface area contributed by atoms with Gasteiger partial charge in [0.25, 0.3) is 5.56 Å². The second-order valence-electron chi connectivity index (χ2n) is 5.18. The molecule has 1 aromatic carbocycles. The van der Waals surface area contributed by atoms with Gasteiger partial charge >= 0.3 is 6.09 Å². The van der Waals surface area contributed by atoms with Crippen LogP contribution in [-0.4, -0.2) is 30.9 Å². The Morgan fingerprint density at radius 2 is 2.28 bits per heavy atom. The topological polar surface area (TPSA) is 137 Å². The highest BCUT2D eigenvalue weighted by Gasteiger charge is 2.22. The SMILES string of the molecule is CC(NC(=O)O)c1nc2c(C#N)cc(F)cc2c(=O)n1-c1cc[nH]n1. The Morgan fingerprint density at radius 3 is 2.88 bits per heavy atom. The summed E-state index contributed by atoms with van der Waals surface area (Å²) in [6.45, 7) is 1.49. The molecule has 1 unspecified atom stereocenters. The van der Waals surface area contributed by atoms with E-state index in [9.17, 15) is 19.2 Å². The van der Waals surface area contributed by atoms with Gasteiger partial charge in [0.2, 0.25) is 0 Å². The number of aromatic amines is 1. The summed E-state index contributed by atoms with van der Waals surface area (Å²) in [4.78, 5) is 28.1. The molecule has 0 aliphatic rings. The molecule has 10 heteroatoms. The van der Waals surface area contributed by atoms with Gasteiger partial charge in [0, 0.05) is 12.3 Å². The maximum atomic E-state index is 13.7. The minimum absolute atomic E-state index is 0.00488. The van der Waals surface area contributed by atoms with Crippen LogP contribution in [-0.2, 0) is 0 Å². The first kappa shape index (κ1) is 16.1. The number of carbonyl (C=O) groups is 1. The number of hydrogen-bond acceptors (Lipinski definition) is 5. The Balaban J connectivity index is 2.42. The minimum Gasteiger partial charge on any atom is -0.465 e. The van der Waals surface area contributed by atoms with Crippen LogP contribution in [0.2, 0.25) is 0 Å². The molecule has 3 N–H and O–H groups in total. The lowest BCUT2D eigenvalue weighted by Crippen LogP contribution is -2.32. The average Bonchev–Trinajstić information content (AvgIpc) is 3.07. The van der Waals surface area contributed by atoms with Gasteiger partial charge in [-0.2, -0.15) is 10.4 Å². The van der Waals surface area contributed by atoms with Crippen LogP contribution in [0.5, 0.6) is 0 Å². The van der Waals surface area contributed by atoms with Crippen LogP contribution in [0, 0.1) is 17.1 Å². The molecule has 25 heavy (non-hydrogen) atoms. The molecular formula is C15H11FN6O3. The number of amides is 1. The molecule has 2 heterocycles. The molecule has 0 aliphatic carbocycles. The van der Waals surface area contributed by atoms with Crippen molar-refractivity contribution in [2.24, 2.45) is 0 Å². The first-order valence-electron chi connectivity index (χ1n) is 7.08. The van der Waals surface area contributed by atoms with Crippen molar-refractivity contribution in [3.63, 3.8) is 0 Å². The van der Waals surface area contributed by atoms with Gasteiger partial charge in [0.15, 0.2) is 5.82 Å². The number of aromatic nitrogens is 4. The van der Waals surface area contributed by atoms with E-state index in [-0.39, 0.29) is 28.1 Å². The number of nitriles is 1. The molecule has 1 atom stereocenters. The number of benzene rings is 1. The molecule has 0 saturated carbocycles. The zero-order valence-electron chi connectivity index (χ0n) is 12.8. The standard InChI is InChI=1S/C15H11FN6O3/c1-7(19-15(24)25)13-20-12-8(6-17)4-9(16)5-10(12)14(23)22(13)11-2-3-18-21-11/h2-5,7,19H,1H3,(H,18,21)(H,24,25). The van der Waals surface area contributed by atoms with E-state index >= 15 is 0 Å². The largest absolute Gasteiger partial charge is 0.465 e. The first-order chi connectivity index (χ1) is 11.9. The summed E-state index contributed by atoms with van der Waals surface area (Å²) in [6, 6.07) is 4.33. The summed E-state index contributed by atoms with van der Waals surface area (Å²) in [5, 5.41) is 26.7. The molecule has 3 aromatic rings. The molecular weight excluding hydrogens is 331 g/mol. The Bertz CT molecular complexity index is 1070. The van der Waals surface area contributed by atoms with Gasteiger partial charge < -0.3 is 10.4 Å². The van der Waals surface area contributed by atoms with Crippen LogP contribution in [0.1, 0.15) is 24.4 Å². The van der Waals surface area contributed by atoms with Crippen LogP contribution in [0.15, 0.2) is 29.2 Å². The second kappa shape index (κ2) is 6.04. The summed E-state index contributed by atoms with van der Waals surface area (Å²) in [7, 11) is 0. The molecule has 0 aliphatic heterocycles. The van der Waals surface area contributed by atoms with Crippen molar-refractivity contribution in [2.45, 2.75) is 13.0 Å². The van der Waals surface area contributed by atoms with E-state index < -0.39 is 23.5 Å². The van der Waals surface area contributed by atoms with Crippen LogP contribution in [0.3, 0.4) is 0 Å². The molecule has 0 fully saturated rings. The lowest BCUT2D eigenvalue weighted by atomic mass is 10.1. The highest BCUT2D eigenvalue weighted by atomic mass is 19.1. The fourth-order valence-corrected chi connectivity index (χ4v) is 2.50. The zero-order valence-corrected chi connectivity index (χ0v) is 12.8. The molecule has 2 aromatic heterocycles. The third-order valence-corrected chi connectivity index (χ3v) is 3.53. The van der Waals surface area contributed by atoms with E-state index in [0.717, 1.165) is 16.7 Å². The summed E-state index contributed by atoms with van der Waals surface area (Å²) in [5.41, 5.74) is -0.790. The molecule has 0 bridgehead atoms. The number of hydrogen-bond donors (Lipinski definition) is 3. The van der Waals surface area contributed by atoms with Crippen molar-refractivity contribution in [3.8, 4) is 11.9 Å². The summed E-state index contributed by atoms with van der Waals surface area (Å²) in [6.07, 6.45) is 0.159. The van der Waals surface area contributed by atoms with Crippen LogP contribution < -0.4 is 10.9 Å². The molecule has 9 nitrogen and oxygen atoms in total. The van der Waals surface area contributed by atoms with Crippen molar-refractivity contribution in [3.05, 3.63) is 52.0 Å². The fraction of sp³-hybridized carbons (Fsp3) is 0.133. The number of carboxylic acid groups (broad SMARTS) is 1. The monoisotopic (exact) mass is 342 g/mol. The molecule has 0 saturated heterocycles. The van der Waals surface area contributed by atoms with E-state index in [1.54, 1.807) is 6.07 Å². The minimum atomic E-state index is -1.31. The van der Waals surface area contributed by atoms with Crippen molar-refractivity contribution >= 4 is 17.0 Å². The molecule has 0 spiro atoms. The molecule has 126 valence electrons. The van der Waals surface area contributed by atoms with Crippen molar-refractivity contribution in [2.75, 3.05) is 0 Å². The fourth-order valence-electron chi connectivity index (χ4n) is 2.50. The van der Waals surface area contributed by atoms with Gasteiger partial charge in [-0.25, -0.2) is 18.7 Å². The van der Waals surface area contributed by atoms with Crippen LogP contribution >= 0.6 is 0 Å². The molecule has 3 rings (SSSR count). The first-order valence-corrected chi connectivity index (χ1v) is 7.08. The van der Waals surface area contributed by atoms with Crippen molar-refractivity contribution < 1.29 is 14.3 Å². The normalized spacial score (nSPS) is 11.9. The van der Waals surface area contributed by atoms with Gasteiger partial charge in [-0.3, -0.25) is 9.89 Å². The van der Waals surface area contributed by atoms with Gasteiger partial charge in [-0.05, 0) is 19.1 Å². The Morgan fingerprint density at radius 1 is 1.52 bits per heavy atom. The Kier molecular flexibility index (Phi) is 3.90. The Hall–Kier alpha value is -3.74. The summed E-state index contributed by atoms with van der Waals surface area (Å²) in [5.74, 6) is -0.563. The molecule has 1 amide bonds. The zero-order chi connectivity index (χ0) is 18.1. The van der Waals surface area contributed by atoms with E-state index in [4.69, 9.17) is 5.11 Å². The van der Waals surface area contributed by atoms with E-state index in [1.807, 2.05) is 0 Å². The third kappa shape index (κ3) is 2.78. The van der Waals surface area contributed by atoms with Gasteiger partial charge in [0.1, 0.15) is 17.7 Å². The quantitative estimate of drug-likeness (QED) is 0.659. The van der Waals surface area contributed by atoms with Crippen LogP contribution in [0.25, 0.3) is 16.7 Å². The van der Waals surface area contributed by atoms with E-state index in [2.05, 4.69) is 20.5 Å². The number of halogens is 1. The number of rotatable bonds is 3. The highest BCUT2D eigenvalue weighted by Crippen LogP contribution is 2.20. The number of fused-ring (bicyclic) bond motifs is 1. The second-order valence-corrected chi connectivity index (χ2v) is 5.18. The molecule has 0 radical (unpaired) electrons. The highest BCUT2D eigenvalue weighted by molar-refractivity contribution is 5.84. The summed E-state index contributed by atoms with van der Waals surface area (Å²) < 4.78 is 14.8. The lowest BCUT2D eigenvalue weighted by molar-refractivity contribution is 0.190.